The standard InChI is InChI=1S/C17H18N6OS/c1-11-9-18-17(25-11)16(13-4-5-13)20-15(24)8-12-2-6-14(7-3-12)23-10-19-21-22-23/h2-3,6-7,9-10,13,16H,4-5,8H2,1H3,(H,20,24). The predicted molar refractivity (Wildman–Crippen MR) is 93.3 cm³/mol. The molecule has 25 heavy (non-hydrogen) atoms. The van der Waals surface area contributed by atoms with Crippen LogP contribution in [-0.4, -0.2) is 31.1 Å². The van der Waals surface area contributed by atoms with Crippen LogP contribution in [0, 0.1) is 12.8 Å². The van der Waals surface area contributed by atoms with Crippen molar-refractivity contribution in [3.8, 4) is 5.69 Å². The molecular formula is C17H18N6OS. The van der Waals surface area contributed by atoms with E-state index in [1.54, 1.807) is 16.0 Å². The quantitative estimate of drug-likeness (QED) is 0.734. The van der Waals surface area contributed by atoms with Crippen molar-refractivity contribution in [1.82, 2.24) is 30.5 Å². The summed E-state index contributed by atoms with van der Waals surface area (Å²) >= 11 is 1.67. The van der Waals surface area contributed by atoms with Crippen molar-refractivity contribution in [2.24, 2.45) is 5.92 Å². The summed E-state index contributed by atoms with van der Waals surface area (Å²) in [6.07, 6.45) is 6.08. The van der Waals surface area contributed by atoms with E-state index in [1.807, 2.05) is 37.4 Å². The Balaban J connectivity index is 1.41. The molecule has 2 aromatic heterocycles. The first-order valence-corrected chi connectivity index (χ1v) is 9.05. The van der Waals surface area contributed by atoms with Gasteiger partial charge in [0.25, 0.3) is 0 Å². The lowest BCUT2D eigenvalue weighted by Crippen LogP contribution is -2.31. The van der Waals surface area contributed by atoms with E-state index in [1.165, 1.54) is 11.2 Å². The van der Waals surface area contributed by atoms with E-state index in [0.29, 0.717) is 12.3 Å². The number of amides is 1. The van der Waals surface area contributed by atoms with Gasteiger partial charge in [0.15, 0.2) is 0 Å². The molecule has 0 saturated heterocycles. The number of carbonyl (C=O) groups excluding carboxylic acids is 1. The molecule has 1 aliphatic carbocycles. The number of nitrogens with zero attached hydrogens (tertiary/aromatic N) is 5. The minimum atomic E-state index is 0.0277. The molecule has 1 aromatic carbocycles. The molecule has 0 spiro atoms. The first-order chi connectivity index (χ1) is 12.2. The third kappa shape index (κ3) is 3.74. The molecule has 7 nitrogen and oxygen atoms in total. The molecule has 8 heteroatoms. The Morgan fingerprint density at radius 1 is 1.36 bits per heavy atom. The fourth-order valence-electron chi connectivity index (χ4n) is 2.78. The number of aryl methyl sites for hydroxylation is 1. The first kappa shape index (κ1) is 15.9. The first-order valence-electron chi connectivity index (χ1n) is 8.23. The van der Waals surface area contributed by atoms with Crippen molar-refractivity contribution >= 4 is 17.2 Å². The smallest absolute Gasteiger partial charge is 0.224 e. The lowest BCUT2D eigenvalue weighted by Gasteiger charge is -2.16. The van der Waals surface area contributed by atoms with Crippen LogP contribution in [0.5, 0.6) is 0 Å². The monoisotopic (exact) mass is 354 g/mol. The molecule has 1 aliphatic rings. The van der Waals surface area contributed by atoms with Crippen LogP contribution in [0.1, 0.15) is 34.3 Å². The number of nitrogens with one attached hydrogen (secondary N) is 1. The van der Waals surface area contributed by atoms with Gasteiger partial charge in [-0.2, -0.15) is 0 Å². The zero-order valence-corrected chi connectivity index (χ0v) is 14.6. The van der Waals surface area contributed by atoms with Gasteiger partial charge in [0.1, 0.15) is 11.3 Å². The Morgan fingerprint density at radius 3 is 2.76 bits per heavy atom. The molecule has 4 rings (SSSR count). The van der Waals surface area contributed by atoms with E-state index in [4.69, 9.17) is 0 Å². The third-order valence-corrected chi connectivity index (χ3v) is 5.23. The highest BCUT2D eigenvalue weighted by molar-refractivity contribution is 7.11. The maximum absolute atomic E-state index is 12.5. The molecular weight excluding hydrogens is 336 g/mol. The van der Waals surface area contributed by atoms with E-state index in [0.717, 1.165) is 29.1 Å². The fraction of sp³-hybridized carbons (Fsp3) is 0.353. The normalized spacial score (nSPS) is 15.1. The number of thiazole rings is 1. The summed E-state index contributed by atoms with van der Waals surface area (Å²) in [5.41, 5.74) is 1.82. The Kier molecular flexibility index (Phi) is 4.27. The second kappa shape index (κ2) is 6.72. The van der Waals surface area contributed by atoms with Gasteiger partial charge in [-0.3, -0.25) is 4.79 Å². The Hall–Kier alpha value is -2.61. The molecule has 0 radical (unpaired) electrons. The minimum Gasteiger partial charge on any atom is -0.346 e. The summed E-state index contributed by atoms with van der Waals surface area (Å²) in [4.78, 5) is 18.1. The Bertz CT molecular complexity index is 854. The minimum absolute atomic E-state index is 0.0277. The molecule has 1 amide bonds. The van der Waals surface area contributed by atoms with E-state index in [2.05, 4.69) is 25.8 Å². The van der Waals surface area contributed by atoms with Gasteiger partial charge in [0.2, 0.25) is 5.91 Å². The highest BCUT2D eigenvalue weighted by Crippen LogP contribution is 2.42. The van der Waals surface area contributed by atoms with Crippen molar-refractivity contribution in [2.75, 3.05) is 0 Å². The van der Waals surface area contributed by atoms with E-state index >= 15 is 0 Å². The molecule has 0 bridgehead atoms. The van der Waals surface area contributed by atoms with Crippen LogP contribution in [-0.2, 0) is 11.2 Å². The molecule has 3 aromatic rings. The Morgan fingerprint density at radius 2 is 2.16 bits per heavy atom. The maximum Gasteiger partial charge on any atom is 0.224 e. The number of tetrazole rings is 1. The van der Waals surface area contributed by atoms with Crippen LogP contribution in [0.4, 0.5) is 0 Å². The van der Waals surface area contributed by atoms with Crippen LogP contribution in [0.2, 0.25) is 0 Å². The summed E-state index contributed by atoms with van der Waals surface area (Å²) < 4.78 is 1.58. The lowest BCUT2D eigenvalue weighted by atomic mass is 10.1. The number of carbonyl (C=O) groups is 1. The number of hydrogen-bond donors (Lipinski definition) is 1. The third-order valence-electron chi connectivity index (χ3n) is 4.23. The second-order valence-corrected chi connectivity index (χ2v) is 7.56. The van der Waals surface area contributed by atoms with Crippen LogP contribution >= 0.6 is 11.3 Å². The van der Waals surface area contributed by atoms with Crippen molar-refractivity contribution in [3.05, 3.63) is 52.2 Å². The summed E-state index contributed by atoms with van der Waals surface area (Å²) in [5, 5.41) is 15.3. The van der Waals surface area contributed by atoms with E-state index < -0.39 is 0 Å². The van der Waals surface area contributed by atoms with Crippen LogP contribution < -0.4 is 5.32 Å². The van der Waals surface area contributed by atoms with Gasteiger partial charge < -0.3 is 5.32 Å². The van der Waals surface area contributed by atoms with Gasteiger partial charge in [-0.25, -0.2) is 9.67 Å². The van der Waals surface area contributed by atoms with Crippen molar-refractivity contribution in [1.29, 1.82) is 0 Å². The van der Waals surface area contributed by atoms with Crippen molar-refractivity contribution in [2.45, 2.75) is 32.2 Å². The van der Waals surface area contributed by atoms with E-state index in [-0.39, 0.29) is 11.9 Å². The van der Waals surface area contributed by atoms with Gasteiger partial charge >= 0.3 is 0 Å². The van der Waals surface area contributed by atoms with Crippen LogP contribution in [0.25, 0.3) is 5.69 Å². The molecule has 1 unspecified atom stereocenters. The molecule has 0 aliphatic heterocycles. The van der Waals surface area contributed by atoms with Gasteiger partial charge in [-0.1, -0.05) is 12.1 Å². The number of benzene rings is 1. The average Bonchev–Trinajstić information content (AvgIpc) is 3.12. The summed E-state index contributed by atoms with van der Waals surface area (Å²) in [6, 6.07) is 7.71. The molecule has 1 fully saturated rings. The van der Waals surface area contributed by atoms with Crippen LogP contribution in [0.3, 0.4) is 0 Å². The topological polar surface area (TPSA) is 85.6 Å². The number of aromatic nitrogens is 5. The molecule has 128 valence electrons. The highest BCUT2D eigenvalue weighted by Gasteiger charge is 2.35. The zero-order valence-electron chi connectivity index (χ0n) is 13.8. The van der Waals surface area contributed by atoms with Gasteiger partial charge in [-0.15, -0.1) is 16.4 Å². The maximum atomic E-state index is 12.5. The molecule has 2 heterocycles. The second-order valence-electron chi connectivity index (χ2n) is 6.29. The van der Waals surface area contributed by atoms with Gasteiger partial charge in [0.05, 0.1) is 18.2 Å². The fourth-order valence-corrected chi connectivity index (χ4v) is 3.70. The molecule has 1 saturated carbocycles. The lowest BCUT2D eigenvalue weighted by molar-refractivity contribution is -0.121. The zero-order chi connectivity index (χ0) is 17.2. The summed E-state index contributed by atoms with van der Waals surface area (Å²) in [6.45, 7) is 2.04. The SMILES string of the molecule is Cc1cnc(C(NC(=O)Cc2ccc(-n3cnnn3)cc2)C2CC2)s1. The van der Waals surface area contributed by atoms with Gasteiger partial charge in [-0.05, 0) is 53.8 Å². The highest BCUT2D eigenvalue weighted by atomic mass is 32.1. The summed E-state index contributed by atoms with van der Waals surface area (Å²) in [5.74, 6) is 0.552. The summed E-state index contributed by atoms with van der Waals surface area (Å²) in [7, 11) is 0. The van der Waals surface area contributed by atoms with Crippen LogP contribution in [0.15, 0.2) is 36.8 Å². The molecule has 1 atom stereocenters. The molecule has 1 N–H and O–H groups in total. The Labute approximate surface area is 149 Å². The van der Waals surface area contributed by atoms with E-state index in [9.17, 15) is 4.79 Å². The number of hydrogen-bond acceptors (Lipinski definition) is 6. The largest absolute Gasteiger partial charge is 0.346 e. The van der Waals surface area contributed by atoms with Crippen molar-refractivity contribution < 1.29 is 4.79 Å². The number of rotatable bonds is 6. The van der Waals surface area contributed by atoms with Gasteiger partial charge in [0, 0.05) is 11.1 Å². The van der Waals surface area contributed by atoms with Crippen molar-refractivity contribution in [3.63, 3.8) is 0 Å². The predicted octanol–water partition coefficient (Wildman–Crippen LogP) is 2.24. The average molecular weight is 354 g/mol.